The second-order valence-electron chi connectivity index (χ2n) is 6.93. The van der Waals surface area contributed by atoms with Crippen molar-refractivity contribution in [2.45, 2.75) is 24.3 Å². The Labute approximate surface area is 190 Å². The Hall–Kier alpha value is -2.90. The maximum absolute atomic E-state index is 13.2. The molecule has 158 valence electrons. The van der Waals surface area contributed by atoms with Gasteiger partial charge in [-0.25, -0.2) is 4.98 Å². The Morgan fingerprint density at radius 2 is 1.90 bits per heavy atom. The molecule has 0 N–H and O–H groups in total. The maximum atomic E-state index is 13.2. The lowest BCUT2D eigenvalue weighted by Crippen LogP contribution is -2.30. The molecule has 0 radical (unpaired) electrons. The Morgan fingerprint density at radius 1 is 1.10 bits per heavy atom. The van der Waals surface area contributed by atoms with Gasteiger partial charge in [0.05, 0.1) is 23.9 Å². The van der Waals surface area contributed by atoms with Crippen molar-refractivity contribution in [1.29, 1.82) is 0 Å². The molecule has 0 spiro atoms. The number of carbonyl (C=O) groups excluding carboxylic acids is 1. The molecule has 0 saturated heterocycles. The molecule has 0 fully saturated rings. The summed E-state index contributed by atoms with van der Waals surface area (Å²) in [5.74, 6) is 1.74. The minimum absolute atomic E-state index is 0.0801. The van der Waals surface area contributed by atoms with Crippen LogP contribution in [0.2, 0.25) is 0 Å². The third kappa shape index (κ3) is 5.62. The number of hydrogen-bond acceptors (Lipinski definition) is 6. The lowest BCUT2D eigenvalue weighted by Gasteiger charge is -2.20. The van der Waals surface area contributed by atoms with Crippen LogP contribution in [-0.2, 0) is 11.3 Å². The third-order valence-corrected chi connectivity index (χ3v) is 6.91. The fourth-order valence-corrected chi connectivity index (χ4v) is 4.97. The number of fused-ring (bicyclic) bond motifs is 1. The molecule has 2 aromatic heterocycles. The number of rotatable bonds is 9. The van der Waals surface area contributed by atoms with Gasteiger partial charge < -0.3 is 4.74 Å². The summed E-state index contributed by atoms with van der Waals surface area (Å²) in [6, 6.07) is 19.9. The summed E-state index contributed by atoms with van der Waals surface area (Å²) >= 11 is 3.30. The zero-order valence-corrected chi connectivity index (χ0v) is 18.9. The highest BCUT2D eigenvalue weighted by Gasteiger charge is 2.20. The molecule has 7 heteroatoms. The van der Waals surface area contributed by atoms with E-state index in [1.165, 1.54) is 16.2 Å². The van der Waals surface area contributed by atoms with E-state index < -0.39 is 0 Å². The molecule has 2 aromatic carbocycles. The summed E-state index contributed by atoms with van der Waals surface area (Å²) in [5.41, 5.74) is 1.87. The number of nitrogens with zero attached hydrogens (tertiary/aromatic N) is 3. The highest BCUT2D eigenvalue weighted by molar-refractivity contribution is 7.99. The standard InChI is InChI=1S/C24H23N3O2S2/c1-29-19-9-10-22-21(16-19)26-24(31-22)27(17-18-11-13-25-14-12-18)23(28)8-5-15-30-20-6-3-2-4-7-20/h2-4,6-7,9-14,16H,5,8,15,17H2,1H3. The van der Waals surface area contributed by atoms with Crippen molar-refractivity contribution in [1.82, 2.24) is 9.97 Å². The van der Waals surface area contributed by atoms with E-state index in [-0.39, 0.29) is 5.91 Å². The van der Waals surface area contributed by atoms with Crippen molar-refractivity contribution >= 4 is 44.4 Å². The molecular weight excluding hydrogens is 426 g/mol. The Morgan fingerprint density at radius 3 is 2.68 bits per heavy atom. The smallest absolute Gasteiger partial charge is 0.229 e. The molecule has 0 saturated carbocycles. The van der Waals surface area contributed by atoms with Crippen molar-refractivity contribution in [3.63, 3.8) is 0 Å². The van der Waals surface area contributed by atoms with E-state index in [9.17, 15) is 4.79 Å². The first-order chi connectivity index (χ1) is 15.2. The van der Waals surface area contributed by atoms with Gasteiger partial charge in [-0.15, -0.1) is 11.8 Å². The first-order valence-corrected chi connectivity index (χ1v) is 11.8. The Bertz CT molecular complexity index is 1130. The number of anilines is 1. The van der Waals surface area contributed by atoms with Crippen LogP contribution in [0, 0.1) is 0 Å². The molecule has 1 amide bonds. The lowest BCUT2D eigenvalue weighted by molar-refractivity contribution is -0.118. The van der Waals surface area contributed by atoms with Crippen molar-refractivity contribution < 1.29 is 9.53 Å². The molecular formula is C24H23N3O2S2. The molecule has 5 nitrogen and oxygen atoms in total. The van der Waals surface area contributed by atoms with E-state index in [1.54, 1.807) is 36.2 Å². The van der Waals surface area contributed by atoms with Crippen molar-refractivity contribution in [2.75, 3.05) is 17.8 Å². The summed E-state index contributed by atoms with van der Waals surface area (Å²) in [6.45, 7) is 0.476. The number of pyridine rings is 1. The SMILES string of the molecule is COc1ccc2sc(N(Cc3ccncc3)C(=O)CCCSc3ccccc3)nc2c1. The highest BCUT2D eigenvalue weighted by Crippen LogP contribution is 2.32. The number of hydrogen-bond donors (Lipinski definition) is 0. The molecule has 0 aliphatic rings. The van der Waals surface area contributed by atoms with Crippen LogP contribution in [-0.4, -0.2) is 28.7 Å². The average Bonchev–Trinajstić information content (AvgIpc) is 3.24. The average molecular weight is 450 g/mol. The monoisotopic (exact) mass is 449 g/mol. The molecule has 0 atom stereocenters. The summed E-state index contributed by atoms with van der Waals surface area (Å²) in [4.78, 5) is 25.0. The molecule has 4 rings (SSSR count). The fraction of sp³-hybridized carbons (Fsp3) is 0.208. The third-order valence-electron chi connectivity index (χ3n) is 4.75. The molecule has 0 unspecified atom stereocenters. The summed E-state index contributed by atoms with van der Waals surface area (Å²) < 4.78 is 6.34. The number of ether oxygens (including phenoxy) is 1. The first-order valence-electron chi connectivity index (χ1n) is 10.0. The predicted molar refractivity (Wildman–Crippen MR) is 128 cm³/mol. The number of aromatic nitrogens is 2. The van der Waals surface area contributed by atoms with E-state index in [1.807, 2.05) is 48.5 Å². The van der Waals surface area contributed by atoms with Crippen molar-refractivity contribution in [3.05, 3.63) is 78.6 Å². The van der Waals surface area contributed by atoms with Gasteiger partial charge in [-0.3, -0.25) is 14.7 Å². The minimum Gasteiger partial charge on any atom is -0.497 e. The number of thioether (sulfide) groups is 1. The van der Waals surface area contributed by atoms with E-state index >= 15 is 0 Å². The Kier molecular flexibility index (Phi) is 7.17. The van der Waals surface area contributed by atoms with Gasteiger partial charge in [-0.2, -0.15) is 0 Å². The minimum atomic E-state index is 0.0801. The molecule has 0 aliphatic heterocycles. The van der Waals surface area contributed by atoms with Gasteiger partial charge in [0.25, 0.3) is 0 Å². The largest absolute Gasteiger partial charge is 0.497 e. The Balaban J connectivity index is 1.49. The van der Waals surface area contributed by atoms with Crippen LogP contribution in [0.1, 0.15) is 18.4 Å². The maximum Gasteiger partial charge on any atom is 0.229 e. The van der Waals surface area contributed by atoms with E-state index in [0.717, 1.165) is 33.7 Å². The van der Waals surface area contributed by atoms with E-state index in [0.29, 0.717) is 18.1 Å². The van der Waals surface area contributed by atoms with E-state index in [4.69, 9.17) is 9.72 Å². The second kappa shape index (κ2) is 10.4. The van der Waals surface area contributed by atoms with Crippen molar-refractivity contribution in [2.24, 2.45) is 0 Å². The number of carbonyl (C=O) groups is 1. The van der Waals surface area contributed by atoms with Gasteiger partial charge in [0.2, 0.25) is 5.91 Å². The first kappa shape index (κ1) is 21.3. The molecule has 4 aromatic rings. The van der Waals surface area contributed by atoms with Gasteiger partial charge in [-0.1, -0.05) is 29.5 Å². The fourth-order valence-electron chi connectivity index (χ4n) is 3.14. The predicted octanol–water partition coefficient (Wildman–Crippen LogP) is 5.81. The zero-order valence-electron chi connectivity index (χ0n) is 17.2. The second-order valence-corrected chi connectivity index (χ2v) is 9.11. The summed E-state index contributed by atoms with van der Waals surface area (Å²) in [5, 5.41) is 0.709. The summed E-state index contributed by atoms with van der Waals surface area (Å²) in [6.07, 6.45) is 4.78. The van der Waals surface area contributed by atoms with Crippen LogP contribution in [0.4, 0.5) is 5.13 Å². The normalized spacial score (nSPS) is 10.9. The number of methoxy groups -OCH3 is 1. The van der Waals surface area contributed by atoms with Gasteiger partial charge in [-0.05, 0) is 54.1 Å². The number of benzene rings is 2. The van der Waals surface area contributed by atoms with Gasteiger partial charge in [0.1, 0.15) is 5.75 Å². The van der Waals surface area contributed by atoms with Crippen LogP contribution in [0.5, 0.6) is 5.75 Å². The van der Waals surface area contributed by atoms with Crippen LogP contribution >= 0.6 is 23.1 Å². The summed E-state index contributed by atoms with van der Waals surface area (Å²) in [7, 11) is 1.64. The molecule has 0 bridgehead atoms. The quantitative estimate of drug-likeness (QED) is 0.239. The van der Waals surface area contributed by atoms with Crippen LogP contribution in [0.25, 0.3) is 10.2 Å². The number of thiazole rings is 1. The van der Waals surface area contributed by atoms with Gasteiger partial charge in [0.15, 0.2) is 5.13 Å². The zero-order chi connectivity index (χ0) is 21.5. The van der Waals surface area contributed by atoms with Crippen molar-refractivity contribution in [3.8, 4) is 5.75 Å². The lowest BCUT2D eigenvalue weighted by atomic mass is 10.2. The number of amides is 1. The van der Waals surface area contributed by atoms with Crippen LogP contribution in [0.15, 0.2) is 78.0 Å². The van der Waals surface area contributed by atoms with Gasteiger partial charge in [0, 0.05) is 29.8 Å². The van der Waals surface area contributed by atoms with Gasteiger partial charge >= 0.3 is 0 Å². The van der Waals surface area contributed by atoms with E-state index in [2.05, 4.69) is 17.1 Å². The molecule has 2 heterocycles. The van der Waals surface area contributed by atoms with Crippen LogP contribution in [0.3, 0.4) is 0 Å². The highest BCUT2D eigenvalue weighted by atomic mass is 32.2. The topological polar surface area (TPSA) is 55.3 Å². The molecule has 31 heavy (non-hydrogen) atoms. The van der Waals surface area contributed by atoms with Crippen LogP contribution < -0.4 is 9.64 Å². The molecule has 0 aliphatic carbocycles.